The molecule has 1 N–H and O–H groups in total. The van der Waals surface area contributed by atoms with Gasteiger partial charge in [-0.3, -0.25) is 14.5 Å². The van der Waals surface area contributed by atoms with Crippen LogP contribution in [0.5, 0.6) is 5.75 Å². The average molecular weight is 494 g/mol. The van der Waals surface area contributed by atoms with Gasteiger partial charge in [-0.25, -0.2) is 9.78 Å². The number of thiazole rings is 1. The molecular formula is C26H27N3O5S. The third-order valence-electron chi connectivity index (χ3n) is 5.59. The van der Waals surface area contributed by atoms with E-state index in [-0.39, 0.29) is 30.7 Å². The van der Waals surface area contributed by atoms with Crippen molar-refractivity contribution in [2.75, 3.05) is 30.0 Å². The molecule has 0 radical (unpaired) electrons. The van der Waals surface area contributed by atoms with Gasteiger partial charge in [-0.1, -0.05) is 30.3 Å². The SMILES string of the molecule is CCOC(=O)c1nc(N(CCc2ccccc2)C(=O)COc2ccc3c(c2)CCC(=O)N3)sc1C. The molecule has 2 amide bonds. The number of carbonyl (C=O) groups is 3. The van der Waals surface area contributed by atoms with E-state index >= 15 is 0 Å². The van der Waals surface area contributed by atoms with Gasteiger partial charge in [0, 0.05) is 23.5 Å². The van der Waals surface area contributed by atoms with E-state index in [0.29, 0.717) is 41.6 Å². The zero-order valence-corrected chi connectivity index (χ0v) is 20.5. The van der Waals surface area contributed by atoms with E-state index in [2.05, 4.69) is 10.3 Å². The Labute approximate surface area is 207 Å². The number of rotatable bonds is 9. The lowest BCUT2D eigenvalue weighted by atomic mass is 10.0. The number of anilines is 2. The Balaban J connectivity index is 1.50. The van der Waals surface area contributed by atoms with Crippen LogP contribution >= 0.6 is 11.3 Å². The first-order chi connectivity index (χ1) is 16.9. The number of carbonyl (C=O) groups excluding carboxylic acids is 3. The van der Waals surface area contributed by atoms with Crippen molar-refractivity contribution in [2.24, 2.45) is 0 Å². The summed E-state index contributed by atoms with van der Waals surface area (Å²) in [7, 11) is 0. The van der Waals surface area contributed by atoms with Gasteiger partial charge in [0.25, 0.3) is 5.91 Å². The molecule has 2 heterocycles. The molecule has 8 nitrogen and oxygen atoms in total. The summed E-state index contributed by atoms with van der Waals surface area (Å²) in [5, 5.41) is 3.27. The number of nitrogens with one attached hydrogen (secondary N) is 1. The Morgan fingerprint density at radius 3 is 2.71 bits per heavy atom. The van der Waals surface area contributed by atoms with Crippen molar-refractivity contribution in [3.8, 4) is 5.75 Å². The smallest absolute Gasteiger partial charge is 0.358 e. The van der Waals surface area contributed by atoms with Crippen molar-refractivity contribution in [3.05, 3.63) is 70.2 Å². The minimum Gasteiger partial charge on any atom is -0.484 e. The van der Waals surface area contributed by atoms with Crippen LogP contribution < -0.4 is 15.0 Å². The molecule has 182 valence electrons. The minimum absolute atomic E-state index is 0.00340. The Morgan fingerprint density at radius 1 is 1.14 bits per heavy atom. The Hall–Kier alpha value is -3.72. The number of fused-ring (bicyclic) bond motifs is 1. The molecule has 9 heteroatoms. The van der Waals surface area contributed by atoms with E-state index in [9.17, 15) is 14.4 Å². The van der Waals surface area contributed by atoms with Gasteiger partial charge >= 0.3 is 5.97 Å². The molecule has 0 saturated heterocycles. The first kappa shape index (κ1) is 24.4. The van der Waals surface area contributed by atoms with Crippen LogP contribution in [0.3, 0.4) is 0 Å². The number of aryl methyl sites for hydroxylation is 2. The highest BCUT2D eigenvalue weighted by Crippen LogP contribution is 2.29. The van der Waals surface area contributed by atoms with Gasteiger partial charge in [-0.05, 0) is 56.0 Å². The number of ether oxygens (including phenoxy) is 2. The summed E-state index contributed by atoms with van der Waals surface area (Å²) >= 11 is 1.28. The normalized spacial score (nSPS) is 12.5. The molecule has 0 bridgehead atoms. The fourth-order valence-electron chi connectivity index (χ4n) is 3.77. The van der Waals surface area contributed by atoms with Crippen LogP contribution in [0.4, 0.5) is 10.8 Å². The summed E-state index contributed by atoms with van der Waals surface area (Å²) < 4.78 is 10.9. The summed E-state index contributed by atoms with van der Waals surface area (Å²) in [6, 6.07) is 15.2. The van der Waals surface area contributed by atoms with Crippen LogP contribution in [0.15, 0.2) is 48.5 Å². The van der Waals surface area contributed by atoms with Crippen molar-refractivity contribution in [3.63, 3.8) is 0 Å². The molecule has 4 rings (SSSR count). The second-order valence-corrected chi connectivity index (χ2v) is 9.24. The third-order valence-corrected chi connectivity index (χ3v) is 6.58. The molecule has 1 aromatic heterocycles. The summed E-state index contributed by atoms with van der Waals surface area (Å²) in [5.74, 6) is -0.216. The highest BCUT2D eigenvalue weighted by Gasteiger charge is 2.24. The molecule has 1 aliphatic rings. The van der Waals surface area contributed by atoms with E-state index in [1.165, 1.54) is 11.3 Å². The highest BCUT2D eigenvalue weighted by atomic mass is 32.1. The zero-order valence-electron chi connectivity index (χ0n) is 19.7. The Bertz CT molecular complexity index is 1220. The number of esters is 1. The van der Waals surface area contributed by atoms with Gasteiger partial charge in [0.1, 0.15) is 5.75 Å². The van der Waals surface area contributed by atoms with Crippen LogP contribution in [0.25, 0.3) is 0 Å². The predicted molar refractivity (Wildman–Crippen MR) is 134 cm³/mol. The number of hydrogen-bond acceptors (Lipinski definition) is 7. The first-order valence-electron chi connectivity index (χ1n) is 11.5. The average Bonchev–Trinajstić information content (AvgIpc) is 3.24. The van der Waals surface area contributed by atoms with Crippen molar-refractivity contribution in [2.45, 2.75) is 33.1 Å². The quantitative estimate of drug-likeness (QED) is 0.450. The predicted octanol–water partition coefficient (Wildman–Crippen LogP) is 4.17. The number of nitrogens with zero attached hydrogens (tertiary/aromatic N) is 2. The number of benzene rings is 2. The van der Waals surface area contributed by atoms with Crippen molar-refractivity contribution < 1.29 is 23.9 Å². The summed E-state index contributed by atoms with van der Waals surface area (Å²) in [5.41, 5.74) is 3.06. The molecule has 0 saturated carbocycles. The summed E-state index contributed by atoms with van der Waals surface area (Å²) in [4.78, 5) is 43.8. The largest absolute Gasteiger partial charge is 0.484 e. The molecule has 2 aromatic carbocycles. The molecule has 0 spiro atoms. The van der Waals surface area contributed by atoms with Gasteiger partial charge in [0.15, 0.2) is 17.4 Å². The standard InChI is InChI=1S/C26H27N3O5S/c1-3-33-25(32)24-17(2)35-26(28-24)29(14-13-18-7-5-4-6-8-18)23(31)16-34-20-10-11-21-19(15-20)9-12-22(30)27-21/h4-8,10-11,15H,3,9,12-14,16H2,1-2H3,(H,27,30). The van der Waals surface area contributed by atoms with E-state index < -0.39 is 5.97 Å². The van der Waals surface area contributed by atoms with Gasteiger partial charge < -0.3 is 14.8 Å². The second kappa shape index (κ2) is 11.1. The molecule has 0 atom stereocenters. The van der Waals surface area contributed by atoms with Crippen molar-refractivity contribution in [1.82, 2.24) is 4.98 Å². The lowest BCUT2D eigenvalue weighted by Crippen LogP contribution is -2.36. The number of hydrogen-bond donors (Lipinski definition) is 1. The molecular weight excluding hydrogens is 466 g/mol. The summed E-state index contributed by atoms with van der Waals surface area (Å²) in [6.45, 7) is 3.98. The van der Waals surface area contributed by atoms with Gasteiger partial charge in [-0.15, -0.1) is 11.3 Å². The zero-order chi connectivity index (χ0) is 24.8. The van der Waals surface area contributed by atoms with Crippen LogP contribution in [0.1, 0.15) is 39.8 Å². The molecule has 0 aliphatic carbocycles. The van der Waals surface area contributed by atoms with E-state index in [1.54, 1.807) is 30.9 Å². The van der Waals surface area contributed by atoms with Crippen LogP contribution in [0.2, 0.25) is 0 Å². The summed E-state index contributed by atoms with van der Waals surface area (Å²) in [6.07, 6.45) is 1.68. The topological polar surface area (TPSA) is 97.8 Å². The fourth-order valence-corrected chi connectivity index (χ4v) is 4.71. The fraction of sp³-hybridized carbons (Fsp3) is 0.308. The van der Waals surface area contributed by atoms with Crippen LogP contribution in [0, 0.1) is 6.92 Å². The van der Waals surface area contributed by atoms with Gasteiger partial charge in [-0.2, -0.15) is 0 Å². The second-order valence-electron chi connectivity index (χ2n) is 8.06. The maximum atomic E-state index is 13.3. The van der Waals surface area contributed by atoms with E-state index in [1.807, 2.05) is 36.4 Å². The molecule has 0 unspecified atom stereocenters. The molecule has 0 fully saturated rings. The van der Waals surface area contributed by atoms with Crippen LogP contribution in [-0.4, -0.2) is 42.5 Å². The van der Waals surface area contributed by atoms with Gasteiger partial charge in [0.2, 0.25) is 5.91 Å². The van der Waals surface area contributed by atoms with Crippen molar-refractivity contribution in [1.29, 1.82) is 0 Å². The number of aromatic nitrogens is 1. The van der Waals surface area contributed by atoms with E-state index in [0.717, 1.165) is 16.8 Å². The Morgan fingerprint density at radius 2 is 1.94 bits per heavy atom. The first-order valence-corrected chi connectivity index (χ1v) is 12.3. The minimum atomic E-state index is -0.500. The monoisotopic (exact) mass is 493 g/mol. The molecule has 3 aromatic rings. The van der Waals surface area contributed by atoms with E-state index in [4.69, 9.17) is 9.47 Å². The number of amides is 2. The lowest BCUT2D eigenvalue weighted by Gasteiger charge is -2.21. The highest BCUT2D eigenvalue weighted by molar-refractivity contribution is 7.16. The van der Waals surface area contributed by atoms with Gasteiger partial charge in [0.05, 0.1) is 6.61 Å². The Kier molecular flexibility index (Phi) is 7.77. The third kappa shape index (κ3) is 6.05. The maximum absolute atomic E-state index is 13.3. The maximum Gasteiger partial charge on any atom is 0.358 e. The van der Waals surface area contributed by atoms with Crippen LogP contribution in [-0.2, 0) is 27.2 Å². The lowest BCUT2D eigenvalue weighted by molar-refractivity contribution is -0.120. The molecule has 35 heavy (non-hydrogen) atoms. The molecule has 1 aliphatic heterocycles. The van der Waals surface area contributed by atoms with Crippen molar-refractivity contribution >= 4 is 39.9 Å².